The lowest BCUT2D eigenvalue weighted by Gasteiger charge is -2.19. The van der Waals surface area contributed by atoms with Crippen molar-refractivity contribution in [2.45, 2.75) is 39.2 Å². The van der Waals surface area contributed by atoms with Crippen molar-refractivity contribution >= 4 is 23.5 Å². The Morgan fingerprint density at radius 1 is 1.04 bits per heavy atom. The van der Waals surface area contributed by atoms with Crippen molar-refractivity contribution in [2.24, 2.45) is 5.92 Å². The minimum atomic E-state index is -0.999. The number of rotatable bonds is 8. The van der Waals surface area contributed by atoms with E-state index in [1.165, 1.54) is 0 Å². The fourth-order valence-electron chi connectivity index (χ4n) is 2.90. The SMILES string of the molecule is CCC(CC)C[C@H](NC(=O)c1ccc(-c2cccc(Cl)c2)cc1)C(=O)O. The number of benzene rings is 2. The second kappa shape index (κ2) is 9.39. The third-order valence-corrected chi connectivity index (χ3v) is 4.87. The molecule has 4 nitrogen and oxygen atoms in total. The van der Waals surface area contributed by atoms with Gasteiger partial charge in [-0.1, -0.05) is 62.6 Å². The summed E-state index contributed by atoms with van der Waals surface area (Å²) in [5, 5.41) is 12.7. The maximum Gasteiger partial charge on any atom is 0.326 e. The Balaban J connectivity index is 2.09. The van der Waals surface area contributed by atoms with Gasteiger partial charge in [-0.25, -0.2) is 4.79 Å². The van der Waals surface area contributed by atoms with Gasteiger partial charge in [0.05, 0.1) is 0 Å². The van der Waals surface area contributed by atoms with E-state index in [1.54, 1.807) is 18.2 Å². The van der Waals surface area contributed by atoms with E-state index in [-0.39, 0.29) is 11.8 Å². The van der Waals surface area contributed by atoms with Gasteiger partial charge >= 0.3 is 5.97 Å². The average molecular weight is 374 g/mol. The summed E-state index contributed by atoms with van der Waals surface area (Å²) in [6.07, 6.45) is 2.23. The van der Waals surface area contributed by atoms with Gasteiger partial charge in [-0.3, -0.25) is 4.79 Å². The van der Waals surface area contributed by atoms with Gasteiger partial charge in [0, 0.05) is 10.6 Å². The van der Waals surface area contributed by atoms with E-state index >= 15 is 0 Å². The molecule has 0 heterocycles. The summed E-state index contributed by atoms with van der Waals surface area (Å²) in [5.74, 6) is -1.09. The fraction of sp³-hybridized carbons (Fsp3) is 0.333. The van der Waals surface area contributed by atoms with Crippen LogP contribution in [0.4, 0.5) is 0 Å². The minimum absolute atomic E-state index is 0.279. The number of carbonyl (C=O) groups excluding carboxylic acids is 1. The lowest BCUT2D eigenvalue weighted by atomic mass is 9.94. The highest BCUT2D eigenvalue weighted by Crippen LogP contribution is 2.23. The Morgan fingerprint density at radius 3 is 2.23 bits per heavy atom. The molecule has 0 aliphatic carbocycles. The molecule has 26 heavy (non-hydrogen) atoms. The van der Waals surface area contributed by atoms with Gasteiger partial charge in [0.25, 0.3) is 5.91 Å². The Kier molecular flexibility index (Phi) is 7.22. The van der Waals surface area contributed by atoms with E-state index < -0.39 is 12.0 Å². The molecule has 2 aromatic rings. The molecule has 1 amide bonds. The van der Waals surface area contributed by atoms with Gasteiger partial charge < -0.3 is 10.4 Å². The van der Waals surface area contributed by atoms with Crippen LogP contribution in [0.5, 0.6) is 0 Å². The van der Waals surface area contributed by atoms with E-state index in [9.17, 15) is 14.7 Å². The molecule has 0 radical (unpaired) electrons. The number of carboxylic acid groups (broad SMARTS) is 1. The molecule has 0 bridgehead atoms. The Morgan fingerprint density at radius 2 is 1.69 bits per heavy atom. The average Bonchev–Trinajstić information content (AvgIpc) is 2.65. The van der Waals surface area contributed by atoms with Gasteiger partial charge in [-0.15, -0.1) is 0 Å². The molecular formula is C21H24ClNO3. The first kappa shape index (κ1) is 20.0. The number of aliphatic carboxylic acids is 1. The van der Waals surface area contributed by atoms with Crippen LogP contribution in [0.25, 0.3) is 11.1 Å². The highest BCUT2D eigenvalue weighted by atomic mass is 35.5. The maximum absolute atomic E-state index is 12.4. The molecule has 0 spiro atoms. The maximum atomic E-state index is 12.4. The van der Waals surface area contributed by atoms with Crippen molar-refractivity contribution in [1.82, 2.24) is 5.32 Å². The van der Waals surface area contributed by atoms with Crippen molar-refractivity contribution in [3.8, 4) is 11.1 Å². The number of carboxylic acids is 1. The molecule has 0 aliphatic rings. The lowest BCUT2D eigenvalue weighted by Crippen LogP contribution is -2.42. The van der Waals surface area contributed by atoms with Crippen LogP contribution in [0, 0.1) is 5.92 Å². The molecule has 0 aromatic heterocycles. The molecule has 1 atom stereocenters. The van der Waals surface area contributed by atoms with Crippen LogP contribution in [0.15, 0.2) is 48.5 Å². The molecule has 0 saturated heterocycles. The van der Waals surface area contributed by atoms with Crippen molar-refractivity contribution in [2.75, 3.05) is 0 Å². The predicted octanol–water partition coefficient (Wildman–Crippen LogP) is 5.02. The zero-order valence-electron chi connectivity index (χ0n) is 15.0. The molecule has 2 aromatic carbocycles. The highest BCUT2D eigenvalue weighted by Gasteiger charge is 2.23. The molecule has 2 N–H and O–H groups in total. The largest absolute Gasteiger partial charge is 0.480 e. The van der Waals surface area contributed by atoms with Gasteiger partial charge in [0.2, 0.25) is 0 Å². The number of hydrogen-bond acceptors (Lipinski definition) is 2. The summed E-state index contributed by atoms with van der Waals surface area (Å²) < 4.78 is 0. The monoisotopic (exact) mass is 373 g/mol. The first-order valence-corrected chi connectivity index (χ1v) is 9.22. The summed E-state index contributed by atoms with van der Waals surface area (Å²) >= 11 is 6.01. The van der Waals surface area contributed by atoms with Crippen LogP contribution >= 0.6 is 11.6 Å². The van der Waals surface area contributed by atoms with E-state index in [0.717, 1.165) is 24.0 Å². The van der Waals surface area contributed by atoms with Gasteiger partial charge in [-0.2, -0.15) is 0 Å². The molecule has 0 saturated carbocycles. The molecular weight excluding hydrogens is 350 g/mol. The second-order valence-electron chi connectivity index (χ2n) is 6.37. The quantitative estimate of drug-likeness (QED) is 0.683. The summed E-state index contributed by atoms with van der Waals surface area (Å²) in [6, 6.07) is 13.6. The standard InChI is InChI=1S/C21H24ClNO3/c1-3-14(4-2)12-19(21(25)26)23-20(24)16-10-8-15(9-11-16)17-6-5-7-18(22)13-17/h5-11,13-14,19H,3-4,12H2,1-2H3,(H,23,24)(H,25,26)/t19-/m0/s1. The van der Waals surface area contributed by atoms with Crippen LogP contribution < -0.4 is 5.32 Å². The van der Waals surface area contributed by atoms with Gasteiger partial charge in [0.15, 0.2) is 0 Å². The van der Waals surface area contributed by atoms with Crippen LogP contribution in [0.1, 0.15) is 43.5 Å². The van der Waals surface area contributed by atoms with Crippen molar-refractivity contribution in [1.29, 1.82) is 0 Å². The van der Waals surface area contributed by atoms with Gasteiger partial charge in [0.1, 0.15) is 6.04 Å². The van der Waals surface area contributed by atoms with Crippen LogP contribution in [-0.4, -0.2) is 23.0 Å². The second-order valence-corrected chi connectivity index (χ2v) is 6.81. The fourth-order valence-corrected chi connectivity index (χ4v) is 3.09. The Bertz CT molecular complexity index is 754. The first-order chi connectivity index (χ1) is 12.4. The van der Waals surface area contributed by atoms with E-state index in [2.05, 4.69) is 5.32 Å². The molecule has 0 aliphatic heterocycles. The third kappa shape index (κ3) is 5.33. The lowest BCUT2D eigenvalue weighted by molar-refractivity contribution is -0.139. The van der Waals surface area contributed by atoms with Crippen LogP contribution in [0.3, 0.4) is 0 Å². The zero-order valence-corrected chi connectivity index (χ0v) is 15.8. The Hall–Kier alpha value is -2.33. The minimum Gasteiger partial charge on any atom is -0.480 e. The summed E-state index contributed by atoms with van der Waals surface area (Å²) in [6.45, 7) is 4.06. The van der Waals surface area contributed by atoms with Crippen molar-refractivity contribution < 1.29 is 14.7 Å². The van der Waals surface area contributed by atoms with Crippen molar-refractivity contribution in [3.05, 3.63) is 59.1 Å². The number of nitrogens with one attached hydrogen (secondary N) is 1. The first-order valence-electron chi connectivity index (χ1n) is 8.84. The molecule has 0 unspecified atom stereocenters. The van der Waals surface area contributed by atoms with E-state index in [0.29, 0.717) is 17.0 Å². The summed E-state index contributed by atoms with van der Waals surface area (Å²) in [4.78, 5) is 23.9. The van der Waals surface area contributed by atoms with Gasteiger partial charge in [-0.05, 0) is 47.7 Å². The van der Waals surface area contributed by atoms with Crippen molar-refractivity contribution in [3.63, 3.8) is 0 Å². The molecule has 0 fully saturated rings. The Labute approximate surface area is 159 Å². The molecule has 5 heteroatoms. The van der Waals surface area contributed by atoms with E-state index in [1.807, 2.05) is 44.2 Å². The normalized spacial score (nSPS) is 12.0. The van der Waals surface area contributed by atoms with E-state index in [4.69, 9.17) is 11.6 Å². The number of halogens is 1. The van der Waals surface area contributed by atoms with Crippen LogP contribution in [-0.2, 0) is 4.79 Å². The summed E-state index contributed by atoms with van der Waals surface area (Å²) in [5.41, 5.74) is 2.34. The predicted molar refractivity (Wildman–Crippen MR) is 104 cm³/mol. The summed E-state index contributed by atoms with van der Waals surface area (Å²) in [7, 11) is 0. The highest BCUT2D eigenvalue weighted by molar-refractivity contribution is 6.30. The number of amides is 1. The molecule has 2 rings (SSSR count). The number of hydrogen-bond donors (Lipinski definition) is 2. The number of carbonyl (C=O) groups is 2. The third-order valence-electron chi connectivity index (χ3n) is 4.63. The zero-order chi connectivity index (χ0) is 19.1. The smallest absolute Gasteiger partial charge is 0.326 e. The van der Waals surface area contributed by atoms with Crippen LogP contribution in [0.2, 0.25) is 5.02 Å². The molecule has 138 valence electrons. The topological polar surface area (TPSA) is 66.4 Å².